The molecular weight excluding hydrogens is 520 g/mol. The summed E-state index contributed by atoms with van der Waals surface area (Å²) < 4.78 is 7.84. The highest BCUT2D eigenvalue weighted by Crippen LogP contribution is 2.41. The second-order valence-electron chi connectivity index (χ2n) is 11.2. The maximum absolute atomic E-state index is 14.3. The molecule has 0 bridgehead atoms. The standard InChI is InChI=1S/C32H40N4O5/c1-2-19-41-22-32(40)16-10-9-15-27(32)36-23-33-28(29(36)25-13-7-4-8-14-25)30(37)35-18-17-34(31(38)39)21-26(35)20-24-11-5-3-6-12-24/h3-8,11-14,23,26-27,40H,2,9-10,15-22H2,1H3,(H,38,39)/t26-,27?,32?/m1/s1. The van der Waals surface area contributed by atoms with E-state index in [1.54, 1.807) is 11.2 Å². The molecule has 41 heavy (non-hydrogen) atoms. The number of piperazine rings is 1. The first-order valence-corrected chi connectivity index (χ1v) is 14.7. The smallest absolute Gasteiger partial charge is 0.407 e. The van der Waals surface area contributed by atoms with E-state index in [0.717, 1.165) is 36.8 Å². The Morgan fingerprint density at radius 1 is 1.05 bits per heavy atom. The summed E-state index contributed by atoms with van der Waals surface area (Å²) in [6.45, 7) is 3.61. The summed E-state index contributed by atoms with van der Waals surface area (Å²) in [4.78, 5) is 34.0. The minimum Gasteiger partial charge on any atom is -0.465 e. The highest BCUT2D eigenvalue weighted by molar-refractivity contribution is 5.98. The van der Waals surface area contributed by atoms with Crippen molar-refractivity contribution < 1.29 is 24.5 Å². The first-order chi connectivity index (χ1) is 19.9. The number of amides is 2. The van der Waals surface area contributed by atoms with Crippen molar-refractivity contribution in [2.24, 2.45) is 0 Å². The Hall–Kier alpha value is -3.69. The molecule has 2 fully saturated rings. The van der Waals surface area contributed by atoms with Crippen LogP contribution in [0.3, 0.4) is 0 Å². The molecule has 9 heteroatoms. The first kappa shape index (κ1) is 28.8. The van der Waals surface area contributed by atoms with Gasteiger partial charge in [0.25, 0.3) is 5.91 Å². The van der Waals surface area contributed by atoms with Crippen LogP contribution in [-0.2, 0) is 11.2 Å². The molecule has 5 rings (SSSR count). The van der Waals surface area contributed by atoms with Gasteiger partial charge >= 0.3 is 6.09 Å². The number of hydrogen-bond donors (Lipinski definition) is 2. The molecule has 1 saturated heterocycles. The van der Waals surface area contributed by atoms with Crippen molar-refractivity contribution >= 4 is 12.0 Å². The summed E-state index contributed by atoms with van der Waals surface area (Å²) >= 11 is 0. The number of benzene rings is 2. The number of carboxylic acid groups (broad SMARTS) is 1. The quantitative estimate of drug-likeness (QED) is 0.362. The van der Waals surface area contributed by atoms with Gasteiger partial charge in [0, 0.05) is 31.8 Å². The average Bonchev–Trinajstić information content (AvgIpc) is 3.43. The fourth-order valence-electron chi connectivity index (χ4n) is 6.29. The van der Waals surface area contributed by atoms with Crippen molar-refractivity contribution in [2.45, 2.75) is 63.1 Å². The summed E-state index contributed by atoms with van der Waals surface area (Å²) in [5.41, 5.74) is 1.81. The van der Waals surface area contributed by atoms with Crippen molar-refractivity contribution in [1.82, 2.24) is 19.4 Å². The molecule has 2 unspecified atom stereocenters. The van der Waals surface area contributed by atoms with Gasteiger partial charge in [-0.1, -0.05) is 80.4 Å². The van der Waals surface area contributed by atoms with E-state index >= 15 is 0 Å². The molecule has 2 aromatic carbocycles. The third-order valence-electron chi connectivity index (χ3n) is 8.37. The third kappa shape index (κ3) is 6.31. The van der Waals surface area contributed by atoms with E-state index in [-0.39, 0.29) is 44.2 Å². The summed E-state index contributed by atoms with van der Waals surface area (Å²) in [5.74, 6) is -0.227. The predicted molar refractivity (Wildman–Crippen MR) is 156 cm³/mol. The van der Waals surface area contributed by atoms with Gasteiger partial charge in [0.2, 0.25) is 0 Å². The van der Waals surface area contributed by atoms with Gasteiger partial charge in [-0.2, -0.15) is 0 Å². The highest BCUT2D eigenvalue weighted by atomic mass is 16.5. The Balaban J connectivity index is 1.52. The van der Waals surface area contributed by atoms with Gasteiger partial charge < -0.3 is 29.3 Å². The van der Waals surface area contributed by atoms with E-state index in [1.807, 2.05) is 72.2 Å². The largest absolute Gasteiger partial charge is 0.465 e. The Labute approximate surface area is 241 Å². The number of carbonyl (C=O) groups is 2. The van der Waals surface area contributed by atoms with E-state index in [9.17, 15) is 19.8 Å². The van der Waals surface area contributed by atoms with E-state index in [2.05, 4.69) is 0 Å². The van der Waals surface area contributed by atoms with Crippen LogP contribution in [-0.4, -0.2) is 86.1 Å². The van der Waals surface area contributed by atoms with Crippen LogP contribution in [0.5, 0.6) is 0 Å². The first-order valence-electron chi connectivity index (χ1n) is 14.7. The Bertz CT molecular complexity index is 1310. The molecule has 1 saturated carbocycles. The zero-order valence-electron chi connectivity index (χ0n) is 23.7. The number of aliphatic hydroxyl groups is 1. The van der Waals surface area contributed by atoms with Crippen molar-refractivity contribution in [2.75, 3.05) is 32.8 Å². The van der Waals surface area contributed by atoms with Gasteiger partial charge in [-0.3, -0.25) is 4.79 Å². The molecule has 3 atom stereocenters. The third-order valence-corrected chi connectivity index (χ3v) is 8.37. The minimum atomic E-state index is -1.07. The molecule has 2 N–H and O–H groups in total. The second kappa shape index (κ2) is 12.9. The van der Waals surface area contributed by atoms with Crippen LogP contribution in [0, 0.1) is 0 Å². The molecule has 9 nitrogen and oxygen atoms in total. The van der Waals surface area contributed by atoms with Gasteiger partial charge in [-0.15, -0.1) is 0 Å². The van der Waals surface area contributed by atoms with Crippen LogP contribution in [0.4, 0.5) is 4.79 Å². The maximum atomic E-state index is 14.3. The minimum absolute atomic E-state index is 0.227. The lowest BCUT2D eigenvalue weighted by atomic mass is 9.80. The van der Waals surface area contributed by atoms with Crippen molar-refractivity contribution in [1.29, 1.82) is 0 Å². The SMILES string of the molecule is CCCOCC1(O)CCCCC1n1cnc(C(=O)N2CCN(C(=O)O)C[C@H]2Cc2ccccc2)c1-c1ccccc1. The lowest BCUT2D eigenvalue weighted by Crippen LogP contribution is -2.57. The number of imidazole rings is 1. The zero-order chi connectivity index (χ0) is 28.8. The molecule has 0 radical (unpaired) electrons. The molecule has 1 aromatic heterocycles. The van der Waals surface area contributed by atoms with E-state index in [0.29, 0.717) is 30.8 Å². The van der Waals surface area contributed by atoms with E-state index in [1.165, 1.54) is 4.90 Å². The maximum Gasteiger partial charge on any atom is 0.407 e. The lowest BCUT2D eigenvalue weighted by Gasteiger charge is -2.41. The van der Waals surface area contributed by atoms with Crippen molar-refractivity contribution in [3.05, 3.63) is 78.2 Å². The van der Waals surface area contributed by atoms with Crippen LogP contribution >= 0.6 is 0 Å². The molecule has 2 aliphatic rings. The summed E-state index contributed by atoms with van der Waals surface area (Å²) in [7, 11) is 0. The summed E-state index contributed by atoms with van der Waals surface area (Å²) in [6, 6.07) is 18.9. The van der Waals surface area contributed by atoms with Crippen LogP contribution in [0.1, 0.15) is 61.1 Å². The van der Waals surface area contributed by atoms with Gasteiger partial charge in [0.1, 0.15) is 5.60 Å². The van der Waals surface area contributed by atoms with Crippen molar-refractivity contribution in [3.8, 4) is 11.3 Å². The zero-order valence-corrected chi connectivity index (χ0v) is 23.7. The van der Waals surface area contributed by atoms with Crippen LogP contribution in [0.25, 0.3) is 11.3 Å². The second-order valence-corrected chi connectivity index (χ2v) is 11.2. The Kier molecular flexibility index (Phi) is 9.05. The number of ether oxygens (including phenoxy) is 1. The van der Waals surface area contributed by atoms with Crippen LogP contribution in [0.2, 0.25) is 0 Å². The topological polar surface area (TPSA) is 108 Å². The predicted octanol–water partition coefficient (Wildman–Crippen LogP) is 4.87. The van der Waals surface area contributed by atoms with Gasteiger partial charge in [0.05, 0.1) is 30.7 Å². The molecule has 3 aromatic rings. The van der Waals surface area contributed by atoms with Crippen LogP contribution < -0.4 is 0 Å². The molecule has 1 aliphatic carbocycles. The van der Waals surface area contributed by atoms with Crippen molar-refractivity contribution in [3.63, 3.8) is 0 Å². The van der Waals surface area contributed by atoms with Gasteiger partial charge in [-0.25, -0.2) is 9.78 Å². The molecule has 0 spiro atoms. The molecule has 2 heterocycles. The van der Waals surface area contributed by atoms with Gasteiger partial charge in [-0.05, 0) is 31.2 Å². The number of carbonyl (C=O) groups excluding carboxylic acids is 1. The number of nitrogens with zero attached hydrogens (tertiary/aromatic N) is 4. The Morgan fingerprint density at radius 2 is 1.78 bits per heavy atom. The number of aromatic nitrogens is 2. The molecule has 2 amide bonds. The average molecular weight is 561 g/mol. The monoisotopic (exact) mass is 560 g/mol. The summed E-state index contributed by atoms with van der Waals surface area (Å²) in [6.07, 6.45) is 5.37. The highest BCUT2D eigenvalue weighted by Gasteiger charge is 2.43. The molecular formula is C32H40N4O5. The Morgan fingerprint density at radius 3 is 2.49 bits per heavy atom. The lowest BCUT2D eigenvalue weighted by molar-refractivity contribution is -0.0990. The number of hydrogen-bond acceptors (Lipinski definition) is 5. The fraction of sp³-hybridized carbons (Fsp3) is 0.469. The summed E-state index contributed by atoms with van der Waals surface area (Å²) in [5, 5.41) is 21.5. The van der Waals surface area contributed by atoms with Crippen LogP contribution in [0.15, 0.2) is 67.0 Å². The fourth-order valence-corrected chi connectivity index (χ4v) is 6.29. The molecule has 1 aliphatic heterocycles. The normalized spacial score (nSPS) is 23.0. The molecule has 218 valence electrons. The van der Waals surface area contributed by atoms with E-state index in [4.69, 9.17) is 9.72 Å². The van der Waals surface area contributed by atoms with Gasteiger partial charge in [0.15, 0.2) is 5.69 Å². The van der Waals surface area contributed by atoms with E-state index < -0.39 is 11.7 Å². The number of rotatable bonds is 9.